The van der Waals surface area contributed by atoms with E-state index < -0.39 is 0 Å². The Bertz CT molecular complexity index is 386. The lowest BCUT2D eigenvalue weighted by Crippen LogP contribution is -2.04. The van der Waals surface area contributed by atoms with Crippen LogP contribution in [0.25, 0.3) is 0 Å². The van der Waals surface area contributed by atoms with Crippen LogP contribution in [0, 0.1) is 12.7 Å². The summed E-state index contributed by atoms with van der Waals surface area (Å²) >= 11 is 4.58. The third-order valence-corrected chi connectivity index (χ3v) is 3.72. The highest BCUT2D eigenvalue weighted by molar-refractivity contribution is 9.10. The average Bonchev–Trinajstić information content (AvgIpc) is 2.22. The fourth-order valence-electron chi connectivity index (χ4n) is 1.34. The third-order valence-electron chi connectivity index (χ3n) is 2.05. The highest BCUT2D eigenvalue weighted by Gasteiger charge is 2.09. The minimum absolute atomic E-state index is 0.241. The van der Waals surface area contributed by atoms with Gasteiger partial charge in [-0.25, -0.2) is 4.39 Å². The first-order valence-corrected chi connectivity index (χ1v) is 7.06. The van der Waals surface area contributed by atoms with Gasteiger partial charge >= 0.3 is 5.97 Å². The maximum atomic E-state index is 13.6. The molecule has 0 aliphatic rings. The van der Waals surface area contributed by atoms with Crippen molar-refractivity contribution in [3.05, 3.63) is 28.0 Å². The molecule has 1 aromatic rings. The van der Waals surface area contributed by atoms with Crippen LogP contribution in [-0.2, 0) is 9.53 Å². The SMILES string of the molecule is CCOC(=O)CCSc1c(C)cc(Br)cc1F. The molecule has 0 fully saturated rings. The van der Waals surface area contributed by atoms with Gasteiger partial charge in [0.05, 0.1) is 13.0 Å². The van der Waals surface area contributed by atoms with E-state index in [0.717, 1.165) is 10.0 Å². The smallest absolute Gasteiger partial charge is 0.306 e. The van der Waals surface area contributed by atoms with Crippen molar-refractivity contribution < 1.29 is 13.9 Å². The molecule has 0 aliphatic heterocycles. The van der Waals surface area contributed by atoms with Crippen molar-refractivity contribution in [2.24, 2.45) is 0 Å². The van der Waals surface area contributed by atoms with E-state index in [1.54, 1.807) is 6.92 Å². The molecule has 0 saturated carbocycles. The number of esters is 1. The fourth-order valence-corrected chi connectivity index (χ4v) is 2.84. The topological polar surface area (TPSA) is 26.3 Å². The number of benzene rings is 1. The van der Waals surface area contributed by atoms with Crippen LogP contribution in [0.3, 0.4) is 0 Å². The van der Waals surface area contributed by atoms with Crippen molar-refractivity contribution in [3.8, 4) is 0 Å². The number of aryl methyl sites for hydroxylation is 1. The van der Waals surface area contributed by atoms with E-state index in [0.29, 0.717) is 23.7 Å². The fraction of sp³-hybridized carbons (Fsp3) is 0.417. The predicted molar refractivity (Wildman–Crippen MR) is 70.8 cm³/mol. The van der Waals surface area contributed by atoms with Gasteiger partial charge in [0, 0.05) is 15.1 Å². The van der Waals surface area contributed by atoms with Crippen LogP contribution >= 0.6 is 27.7 Å². The van der Waals surface area contributed by atoms with Crippen molar-refractivity contribution in [2.75, 3.05) is 12.4 Å². The van der Waals surface area contributed by atoms with Gasteiger partial charge in [-0.2, -0.15) is 0 Å². The number of halogens is 2. The predicted octanol–water partition coefficient (Wildman–Crippen LogP) is 3.94. The molecule has 0 heterocycles. The number of carbonyl (C=O) groups is 1. The molecule has 2 nitrogen and oxygen atoms in total. The standard InChI is InChI=1S/C12H14BrFO2S/c1-3-16-11(15)4-5-17-12-8(2)6-9(13)7-10(12)14/h6-7H,3-5H2,1-2H3. The molecular weight excluding hydrogens is 307 g/mol. The third kappa shape index (κ3) is 4.68. The zero-order valence-electron chi connectivity index (χ0n) is 9.76. The summed E-state index contributed by atoms with van der Waals surface area (Å²) < 4.78 is 19.1. The van der Waals surface area contributed by atoms with E-state index in [1.165, 1.54) is 17.8 Å². The highest BCUT2D eigenvalue weighted by Crippen LogP contribution is 2.29. The molecule has 0 saturated heterocycles. The van der Waals surface area contributed by atoms with Gasteiger partial charge in [-0.1, -0.05) is 15.9 Å². The maximum Gasteiger partial charge on any atom is 0.306 e. The van der Waals surface area contributed by atoms with E-state index >= 15 is 0 Å². The molecule has 94 valence electrons. The van der Waals surface area contributed by atoms with Gasteiger partial charge in [-0.05, 0) is 31.5 Å². The van der Waals surface area contributed by atoms with Gasteiger partial charge in [0.1, 0.15) is 5.82 Å². The average molecular weight is 321 g/mol. The zero-order chi connectivity index (χ0) is 12.8. The molecule has 1 rings (SSSR count). The molecule has 0 spiro atoms. The molecule has 0 radical (unpaired) electrons. The van der Waals surface area contributed by atoms with Crippen LogP contribution in [0.1, 0.15) is 18.9 Å². The quantitative estimate of drug-likeness (QED) is 0.607. The molecule has 0 atom stereocenters. The summed E-state index contributed by atoms with van der Waals surface area (Å²) in [4.78, 5) is 11.7. The Morgan fingerprint density at radius 1 is 1.53 bits per heavy atom. The van der Waals surface area contributed by atoms with Gasteiger partial charge in [0.2, 0.25) is 0 Å². The molecule has 0 aromatic heterocycles. The molecule has 1 aromatic carbocycles. The molecule has 17 heavy (non-hydrogen) atoms. The first-order valence-electron chi connectivity index (χ1n) is 5.28. The monoisotopic (exact) mass is 320 g/mol. The Morgan fingerprint density at radius 2 is 2.24 bits per heavy atom. The van der Waals surface area contributed by atoms with E-state index in [-0.39, 0.29) is 11.8 Å². The number of hydrogen-bond acceptors (Lipinski definition) is 3. The lowest BCUT2D eigenvalue weighted by Gasteiger charge is -2.07. The summed E-state index contributed by atoms with van der Waals surface area (Å²) in [5.74, 6) is 0.0269. The van der Waals surface area contributed by atoms with Gasteiger partial charge in [-0.15, -0.1) is 11.8 Å². The largest absolute Gasteiger partial charge is 0.466 e. The Morgan fingerprint density at radius 3 is 2.82 bits per heavy atom. The van der Waals surface area contributed by atoms with Crippen LogP contribution in [0.15, 0.2) is 21.5 Å². The van der Waals surface area contributed by atoms with E-state index in [1.807, 2.05) is 13.0 Å². The number of rotatable bonds is 5. The van der Waals surface area contributed by atoms with Crippen molar-refractivity contribution in [3.63, 3.8) is 0 Å². The molecule has 5 heteroatoms. The summed E-state index contributed by atoms with van der Waals surface area (Å²) in [6.07, 6.45) is 0.299. The first kappa shape index (κ1) is 14.5. The molecule has 0 bridgehead atoms. The van der Waals surface area contributed by atoms with Crippen LogP contribution < -0.4 is 0 Å². The second-order valence-electron chi connectivity index (χ2n) is 3.44. The van der Waals surface area contributed by atoms with Gasteiger partial charge < -0.3 is 4.74 Å². The maximum absolute atomic E-state index is 13.6. The van der Waals surface area contributed by atoms with Crippen LogP contribution in [0.5, 0.6) is 0 Å². The Balaban J connectivity index is 2.55. The lowest BCUT2D eigenvalue weighted by atomic mass is 10.2. The number of carbonyl (C=O) groups excluding carboxylic acids is 1. The number of hydrogen-bond donors (Lipinski definition) is 0. The molecule has 0 N–H and O–H groups in total. The lowest BCUT2D eigenvalue weighted by molar-refractivity contribution is -0.142. The van der Waals surface area contributed by atoms with Crippen LogP contribution in [0.2, 0.25) is 0 Å². The van der Waals surface area contributed by atoms with E-state index in [2.05, 4.69) is 15.9 Å². The normalized spacial score (nSPS) is 10.4. The summed E-state index contributed by atoms with van der Waals surface area (Å²) in [7, 11) is 0. The Labute approximate surface area is 113 Å². The van der Waals surface area contributed by atoms with Crippen molar-refractivity contribution in [1.82, 2.24) is 0 Å². The minimum Gasteiger partial charge on any atom is -0.466 e. The number of ether oxygens (including phenoxy) is 1. The van der Waals surface area contributed by atoms with Crippen molar-refractivity contribution in [2.45, 2.75) is 25.2 Å². The highest BCUT2D eigenvalue weighted by atomic mass is 79.9. The minimum atomic E-state index is -0.259. The summed E-state index contributed by atoms with van der Waals surface area (Å²) in [5.41, 5.74) is 0.866. The zero-order valence-corrected chi connectivity index (χ0v) is 12.2. The Kier molecular flexibility index (Phi) is 5.98. The van der Waals surface area contributed by atoms with E-state index in [4.69, 9.17) is 4.74 Å². The van der Waals surface area contributed by atoms with Crippen LogP contribution in [0.4, 0.5) is 4.39 Å². The van der Waals surface area contributed by atoms with Crippen molar-refractivity contribution >= 4 is 33.7 Å². The second kappa shape index (κ2) is 7.01. The molecule has 0 amide bonds. The van der Waals surface area contributed by atoms with E-state index in [9.17, 15) is 9.18 Å². The van der Waals surface area contributed by atoms with Crippen molar-refractivity contribution in [1.29, 1.82) is 0 Å². The second-order valence-corrected chi connectivity index (χ2v) is 5.46. The Hall–Kier alpha value is -0.550. The van der Waals surface area contributed by atoms with Gasteiger partial charge in [0.15, 0.2) is 0 Å². The number of thioether (sulfide) groups is 1. The molecular formula is C12H14BrFO2S. The summed E-state index contributed by atoms with van der Waals surface area (Å²) in [6.45, 7) is 4.00. The van der Waals surface area contributed by atoms with Gasteiger partial charge in [0.25, 0.3) is 0 Å². The molecule has 0 unspecified atom stereocenters. The van der Waals surface area contributed by atoms with Gasteiger partial charge in [-0.3, -0.25) is 4.79 Å². The molecule has 0 aliphatic carbocycles. The first-order chi connectivity index (χ1) is 8.04. The van der Waals surface area contributed by atoms with Crippen LogP contribution in [-0.4, -0.2) is 18.3 Å². The summed E-state index contributed by atoms with van der Waals surface area (Å²) in [6, 6.07) is 3.29. The summed E-state index contributed by atoms with van der Waals surface area (Å²) in [5, 5.41) is 0.